The van der Waals surface area contributed by atoms with Crippen LogP contribution < -0.4 is 16.0 Å². The Morgan fingerprint density at radius 3 is 2.12 bits per heavy atom. The van der Waals surface area contributed by atoms with Crippen LogP contribution in [0.1, 0.15) is 155 Å². The number of hydrogen-bond donors (Lipinski definition) is 3. The Labute approximate surface area is 495 Å². The molecule has 5 heterocycles. The molecule has 2 aromatic carbocycles. The van der Waals surface area contributed by atoms with Gasteiger partial charge < -0.3 is 39.8 Å². The molecule has 3 aromatic heterocycles. The van der Waals surface area contributed by atoms with Gasteiger partial charge in [-0.3, -0.25) is 33.5 Å². The van der Waals surface area contributed by atoms with Crippen molar-refractivity contribution in [3.05, 3.63) is 104 Å². The number of nitrogens with one attached hydrogen (secondary N) is 3. The van der Waals surface area contributed by atoms with Crippen LogP contribution in [0.4, 0.5) is 0 Å². The number of thiazole rings is 1. The summed E-state index contributed by atoms with van der Waals surface area (Å²) in [6.45, 7) is 17.0. The standard InChI is InChI=1S/C61H82ClN9O9S2/c1-9-10-11-12-13-14-15-16-17-18-52(74)80-47-33-49(58(75)64-35-43-19-21-45(22-20-43)55-40(3)65-38-81-55)70(36-47)59(76)56(61(6,7)8)67-51(73)37-79-32-31-78-30-29-77-28-27-63-50(72)34-48-57-69-68-42(5)71(57)60-53(39(2)41(4)82-60)54(66-48)44-23-25-46(62)26-24-44/h19-26,38,47-49,56H,9-18,27-37H2,1-8H3,(H,63,72)(H,64,75)(H,67,73)/t47-,48+,49+,56-/m1/s1. The molecule has 2 aliphatic rings. The quantitative estimate of drug-likeness (QED) is 0.0279. The van der Waals surface area contributed by atoms with E-state index < -0.39 is 41.5 Å². The van der Waals surface area contributed by atoms with Crippen LogP contribution in [0.15, 0.2) is 59.0 Å². The third-order valence-corrected chi connectivity index (χ3v) is 17.2. The van der Waals surface area contributed by atoms with E-state index >= 15 is 0 Å². The molecule has 21 heteroatoms. The minimum absolute atomic E-state index is 0.0170. The molecule has 82 heavy (non-hydrogen) atoms. The van der Waals surface area contributed by atoms with Crippen molar-refractivity contribution in [1.82, 2.24) is 40.6 Å². The number of rotatable bonds is 31. The first-order chi connectivity index (χ1) is 39.4. The summed E-state index contributed by atoms with van der Waals surface area (Å²) in [4.78, 5) is 81.7. The molecule has 444 valence electrons. The van der Waals surface area contributed by atoms with Gasteiger partial charge in [-0.25, -0.2) is 4.98 Å². The summed E-state index contributed by atoms with van der Waals surface area (Å²) in [5, 5.41) is 19.3. The number of unbranched alkanes of at least 4 members (excludes halogenated alkanes) is 8. The first-order valence-corrected chi connectivity index (χ1v) is 30.9. The molecule has 0 unspecified atom stereocenters. The average molecular weight is 1180 g/mol. The summed E-state index contributed by atoms with van der Waals surface area (Å²) in [5.41, 5.74) is 7.70. The number of aliphatic imine (C=N–C) groups is 1. The molecule has 5 aromatic rings. The summed E-state index contributed by atoms with van der Waals surface area (Å²) >= 11 is 9.47. The number of aromatic nitrogens is 4. The Morgan fingerprint density at radius 2 is 1.45 bits per heavy atom. The summed E-state index contributed by atoms with van der Waals surface area (Å²) in [5.74, 6) is -0.578. The fourth-order valence-electron chi connectivity index (χ4n) is 10.1. The molecule has 1 saturated heterocycles. The highest BCUT2D eigenvalue weighted by molar-refractivity contribution is 7.15. The maximum Gasteiger partial charge on any atom is 0.306 e. The van der Waals surface area contributed by atoms with Gasteiger partial charge in [0.2, 0.25) is 23.6 Å². The second-order valence-corrected chi connectivity index (χ2v) is 24.7. The zero-order chi connectivity index (χ0) is 58.8. The highest BCUT2D eigenvalue weighted by atomic mass is 35.5. The number of fused-ring (bicyclic) bond motifs is 3. The van der Waals surface area contributed by atoms with Gasteiger partial charge >= 0.3 is 5.97 Å². The Hall–Kier alpha value is -5.90. The van der Waals surface area contributed by atoms with Crippen molar-refractivity contribution in [2.75, 3.05) is 52.7 Å². The number of halogens is 1. The van der Waals surface area contributed by atoms with Crippen molar-refractivity contribution in [1.29, 1.82) is 0 Å². The first-order valence-electron chi connectivity index (χ1n) is 28.9. The molecule has 7 rings (SSSR count). The van der Waals surface area contributed by atoms with Gasteiger partial charge in [0, 0.05) is 47.0 Å². The average Bonchev–Trinajstić information content (AvgIpc) is 4.34. The molecular weight excluding hydrogens is 1100 g/mol. The predicted molar refractivity (Wildman–Crippen MR) is 321 cm³/mol. The van der Waals surface area contributed by atoms with E-state index in [1.165, 1.54) is 37.0 Å². The van der Waals surface area contributed by atoms with E-state index in [1.54, 1.807) is 22.7 Å². The molecule has 2 aliphatic heterocycles. The van der Waals surface area contributed by atoms with Crippen LogP contribution in [-0.2, 0) is 49.5 Å². The lowest BCUT2D eigenvalue weighted by molar-refractivity contribution is -0.150. The van der Waals surface area contributed by atoms with E-state index in [-0.39, 0.29) is 96.3 Å². The maximum absolute atomic E-state index is 14.6. The number of esters is 1. The number of nitrogens with zero attached hydrogens (tertiary/aromatic N) is 6. The lowest BCUT2D eigenvalue weighted by Gasteiger charge is -2.35. The minimum atomic E-state index is -1.02. The number of ether oxygens (including phenoxy) is 4. The molecule has 4 amide bonds. The van der Waals surface area contributed by atoms with Crippen molar-refractivity contribution >= 4 is 69.6 Å². The number of likely N-dealkylation sites (tertiary alicyclic amines) is 1. The number of benzene rings is 2. The largest absolute Gasteiger partial charge is 0.460 e. The van der Waals surface area contributed by atoms with Crippen LogP contribution in [0.2, 0.25) is 5.02 Å². The van der Waals surface area contributed by atoms with Crippen LogP contribution >= 0.6 is 34.3 Å². The Balaban J connectivity index is 0.835. The molecule has 0 saturated carbocycles. The highest BCUT2D eigenvalue weighted by Crippen LogP contribution is 2.40. The maximum atomic E-state index is 14.6. The van der Waals surface area contributed by atoms with Gasteiger partial charge in [-0.1, -0.05) is 127 Å². The predicted octanol–water partition coefficient (Wildman–Crippen LogP) is 10.1. The van der Waals surface area contributed by atoms with E-state index in [0.29, 0.717) is 16.7 Å². The lowest BCUT2D eigenvalue weighted by Crippen LogP contribution is -2.58. The number of aryl methyl sites for hydroxylation is 3. The number of amides is 4. The normalized spacial score (nSPS) is 16.2. The topological polar surface area (TPSA) is 218 Å². The Bertz CT molecular complexity index is 2950. The van der Waals surface area contributed by atoms with Crippen molar-refractivity contribution in [3.63, 3.8) is 0 Å². The van der Waals surface area contributed by atoms with E-state index in [0.717, 1.165) is 79.7 Å². The zero-order valence-corrected chi connectivity index (χ0v) is 51.3. The summed E-state index contributed by atoms with van der Waals surface area (Å²) in [6, 6.07) is 12.9. The number of thiophene rings is 1. The molecule has 18 nitrogen and oxygen atoms in total. The highest BCUT2D eigenvalue weighted by Gasteiger charge is 2.46. The summed E-state index contributed by atoms with van der Waals surface area (Å²) in [6.07, 6.45) is 9.86. The Kier molecular flexibility index (Phi) is 24.2. The van der Waals surface area contributed by atoms with Gasteiger partial charge in [0.15, 0.2) is 5.82 Å². The molecule has 0 bridgehead atoms. The van der Waals surface area contributed by atoms with Crippen LogP contribution in [0, 0.1) is 33.1 Å². The van der Waals surface area contributed by atoms with Gasteiger partial charge in [-0.15, -0.1) is 32.9 Å². The summed E-state index contributed by atoms with van der Waals surface area (Å²) < 4.78 is 25.0. The van der Waals surface area contributed by atoms with Gasteiger partial charge in [-0.2, -0.15) is 0 Å². The zero-order valence-electron chi connectivity index (χ0n) is 48.9. The minimum Gasteiger partial charge on any atom is -0.460 e. The van der Waals surface area contributed by atoms with Crippen molar-refractivity contribution in [2.45, 2.75) is 163 Å². The fraction of sp³-hybridized carbons (Fsp3) is 0.557. The summed E-state index contributed by atoms with van der Waals surface area (Å²) in [7, 11) is 0. The van der Waals surface area contributed by atoms with Crippen molar-refractivity contribution < 1.29 is 42.9 Å². The second kappa shape index (κ2) is 31.1. The van der Waals surface area contributed by atoms with Gasteiger partial charge in [0.25, 0.3) is 0 Å². The van der Waals surface area contributed by atoms with E-state index in [9.17, 15) is 24.0 Å². The molecular formula is C61H82ClN9O9S2. The third-order valence-electron chi connectivity index (χ3n) is 14.8. The van der Waals surface area contributed by atoms with E-state index in [4.69, 9.17) is 35.5 Å². The second-order valence-electron chi connectivity index (χ2n) is 22.2. The third kappa shape index (κ3) is 17.8. The van der Waals surface area contributed by atoms with E-state index in [1.807, 2.05) is 93.2 Å². The van der Waals surface area contributed by atoms with Crippen LogP contribution in [0.3, 0.4) is 0 Å². The van der Waals surface area contributed by atoms with Gasteiger partial charge in [0.05, 0.1) is 67.8 Å². The lowest BCUT2D eigenvalue weighted by atomic mass is 9.85. The van der Waals surface area contributed by atoms with Crippen LogP contribution in [-0.4, -0.2) is 131 Å². The number of carbonyl (C=O) groups is 5. The number of carbonyl (C=O) groups excluding carboxylic acids is 5. The molecule has 0 aliphatic carbocycles. The Morgan fingerprint density at radius 1 is 0.793 bits per heavy atom. The fourth-order valence-corrected chi connectivity index (χ4v) is 12.3. The molecule has 3 N–H and O–H groups in total. The molecule has 0 radical (unpaired) electrons. The number of hydrogen-bond acceptors (Lipinski definition) is 15. The molecule has 0 spiro atoms. The van der Waals surface area contributed by atoms with Crippen LogP contribution in [0.5, 0.6) is 0 Å². The first kappa shape index (κ1) is 63.7. The van der Waals surface area contributed by atoms with Crippen LogP contribution in [0.25, 0.3) is 15.4 Å². The SMILES string of the molecule is CCCCCCCCCCCC(=O)O[C@@H]1C[C@@H](C(=O)NCc2ccc(-c3scnc3C)cc2)N(C(=O)[C@@H](NC(=O)COCCOCCOCCNC(=O)C[C@@H]2N=C(c3ccc(Cl)cc3)c3c(sc(C)c3C)-n3c(C)nnc32)C(C)(C)C)C1. The van der Waals surface area contributed by atoms with Gasteiger partial charge in [0.1, 0.15) is 41.7 Å². The van der Waals surface area contributed by atoms with Gasteiger partial charge in [-0.05, 0) is 68.4 Å². The smallest absolute Gasteiger partial charge is 0.306 e. The van der Waals surface area contributed by atoms with Crippen molar-refractivity contribution in [3.8, 4) is 15.4 Å². The molecule has 4 atom stereocenters. The van der Waals surface area contributed by atoms with Crippen molar-refractivity contribution in [2.24, 2.45) is 10.4 Å². The molecule has 1 fully saturated rings. The monoisotopic (exact) mass is 1180 g/mol. The van der Waals surface area contributed by atoms with E-state index in [2.05, 4.69) is 51.9 Å².